The van der Waals surface area contributed by atoms with E-state index in [1.165, 1.54) is 17.0 Å². The number of H-pyrrole nitrogens is 2. The van der Waals surface area contributed by atoms with Crippen LogP contribution in [0, 0.1) is 0 Å². The molecule has 0 aromatic carbocycles. The van der Waals surface area contributed by atoms with E-state index < -0.39 is 0 Å². The minimum atomic E-state index is -0.103. The Kier molecular flexibility index (Phi) is 5.91. The maximum atomic E-state index is 4.61. The number of aromatic amines is 2. The van der Waals surface area contributed by atoms with Crippen molar-refractivity contribution in [3.05, 3.63) is 47.1 Å². The molecule has 4 nitrogen and oxygen atoms in total. The summed E-state index contributed by atoms with van der Waals surface area (Å²) in [5.41, 5.74) is 3.69. The summed E-state index contributed by atoms with van der Waals surface area (Å²) < 4.78 is 0. The van der Waals surface area contributed by atoms with Crippen molar-refractivity contribution in [1.29, 1.82) is 0 Å². The second-order valence-electron chi connectivity index (χ2n) is 8.54. The molecule has 4 heteroatoms. The Bertz CT molecular complexity index is 716. The predicted molar refractivity (Wildman–Crippen MR) is 105 cm³/mol. The molecule has 0 aliphatic rings. The molecule has 2 rings (SSSR count). The summed E-state index contributed by atoms with van der Waals surface area (Å²) in [7, 11) is 0. The monoisotopic (exact) mass is 342 g/mol. The van der Waals surface area contributed by atoms with Crippen molar-refractivity contribution in [3.63, 3.8) is 0 Å². The molecule has 0 bridgehead atoms. The topological polar surface area (TPSA) is 57.4 Å². The molecule has 0 saturated carbocycles. The standard InChI is InChI=1S/C21H34N4/c1-13(2)17-11-23-20(25-17)21(7,8)10-15(5)9-16(6)18-12-22-19(24-18)14(3)4/h10-14,16H,9H2,1-8H3,(H,22,24)(H,23,25). The van der Waals surface area contributed by atoms with E-state index in [4.69, 9.17) is 0 Å². The number of imidazole rings is 2. The zero-order valence-corrected chi connectivity index (χ0v) is 17.1. The van der Waals surface area contributed by atoms with Crippen LogP contribution in [0.2, 0.25) is 0 Å². The van der Waals surface area contributed by atoms with Crippen molar-refractivity contribution in [2.75, 3.05) is 0 Å². The van der Waals surface area contributed by atoms with Crippen molar-refractivity contribution in [2.45, 2.75) is 85.0 Å². The zero-order chi connectivity index (χ0) is 18.8. The average molecular weight is 343 g/mol. The van der Waals surface area contributed by atoms with Crippen LogP contribution in [0.15, 0.2) is 24.0 Å². The molecule has 25 heavy (non-hydrogen) atoms. The molecule has 2 aromatic heterocycles. The van der Waals surface area contributed by atoms with Crippen LogP contribution in [0.25, 0.3) is 0 Å². The van der Waals surface area contributed by atoms with E-state index in [1.54, 1.807) is 0 Å². The number of aromatic nitrogens is 4. The number of rotatable bonds is 7. The van der Waals surface area contributed by atoms with Gasteiger partial charge in [0.05, 0.1) is 0 Å². The third kappa shape index (κ3) is 4.83. The first kappa shape index (κ1) is 19.5. The molecule has 0 spiro atoms. The van der Waals surface area contributed by atoms with Crippen LogP contribution in [-0.4, -0.2) is 19.9 Å². The highest BCUT2D eigenvalue weighted by molar-refractivity contribution is 5.23. The molecule has 1 unspecified atom stereocenters. The Hall–Kier alpha value is -1.84. The summed E-state index contributed by atoms with van der Waals surface area (Å²) in [6, 6.07) is 0. The van der Waals surface area contributed by atoms with Gasteiger partial charge in [0.15, 0.2) is 0 Å². The summed E-state index contributed by atoms with van der Waals surface area (Å²) in [5, 5.41) is 0. The van der Waals surface area contributed by atoms with Gasteiger partial charge in [0.2, 0.25) is 0 Å². The SMILES string of the molecule is CC(=CC(C)(C)c1ncc(C(C)C)[nH]1)CC(C)c1cnc(C(C)C)[nH]1. The van der Waals surface area contributed by atoms with Gasteiger partial charge in [0.1, 0.15) is 11.6 Å². The highest BCUT2D eigenvalue weighted by Crippen LogP contribution is 2.29. The molecule has 0 fully saturated rings. The van der Waals surface area contributed by atoms with E-state index in [1.807, 2.05) is 12.4 Å². The normalized spacial score (nSPS) is 14.6. The summed E-state index contributed by atoms with van der Waals surface area (Å²) >= 11 is 0. The van der Waals surface area contributed by atoms with Crippen LogP contribution in [0.5, 0.6) is 0 Å². The maximum Gasteiger partial charge on any atom is 0.115 e. The number of hydrogen-bond donors (Lipinski definition) is 2. The van der Waals surface area contributed by atoms with E-state index >= 15 is 0 Å². The quantitative estimate of drug-likeness (QED) is 0.625. The van der Waals surface area contributed by atoms with Gasteiger partial charge in [-0.05, 0) is 33.1 Å². The lowest BCUT2D eigenvalue weighted by molar-refractivity contribution is 0.606. The number of allylic oxidation sites excluding steroid dienone is 2. The van der Waals surface area contributed by atoms with Crippen molar-refractivity contribution < 1.29 is 0 Å². The lowest BCUT2D eigenvalue weighted by Crippen LogP contribution is -2.17. The van der Waals surface area contributed by atoms with Crippen LogP contribution in [0.3, 0.4) is 0 Å². The van der Waals surface area contributed by atoms with E-state index in [9.17, 15) is 0 Å². The Morgan fingerprint density at radius 3 is 2.16 bits per heavy atom. The minimum Gasteiger partial charge on any atom is -0.345 e. The molecule has 0 saturated heterocycles. The maximum absolute atomic E-state index is 4.61. The molecule has 138 valence electrons. The largest absolute Gasteiger partial charge is 0.345 e. The van der Waals surface area contributed by atoms with Gasteiger partial charge in [-0.25, -0.2) is 9.97 Å². The second-order valence-corrected chi connectivity index (χ2v) is 8.54. The molecule has 0 radical (unpaired) electrons. The summed E-state index contributed by atoms with van der Waals surface area (Å²) in [5.74, 6) is 3.44. The Labute approximate surface area is 152 Å². The van der Waals surface area contributed by atoms with Gasteiger partial charge in [-0.1, -0.05) is 46.3 Å². The zero-order valence-electron chi connectivity index (χ0n) is 17.1. The van der Waals surface area contributed by atoms with Gasteiger partial charge in [0.25, 0.3) is 0 Å². The smallest absolute Gasteiger partial charge is 0.115 e. The minimum absolute atomic E-state index is 0.103. The lowest BCUT2D eigenvalue weighted by Gasteiger charge is -2.20. The summed E-state index contributed by atoms with van der Waals surface area (Å²) in [6.45, 7) is 17.6. The highest BCUT2D eigenvalue weighted by Gasteiger charge is 2.23. The first-order chi connectivity index (χ1) is 11.6. The van der Waals surface area contributed by atoms with Crippen LogP contribution in [-0.2, 0) is 5.41 Å². The second kappa shape index (κ2) is 7.59. The van der Waals surface area contributed by atoms with E-state index in [2.05, 4.69) is 81.4 Å². The van der Waals surface area contributed by atoms with Gasteiger partial charge in [-0.15, -0.1) is 0 Å². The third-order valence-electron chi connectivity index (χ3n) is 4.76. The van der Waals surface area contributed by atoms with Crippen molar-refractivity contribution in [2.24, 2.45) is 0 Å². The first-order valence-electron chi connectivity index (χ1n) is 9.38. The van der Waals surface area contributed by atoms with Crippen LogP contribution in [0.4, 0.5) is 0 Å². The van der Waals surface area contributed by atoms with E-state index in [-0.39, 0.29) is 5.41 Å². The Morgan fingerprint density at radius 1 is 1.00 bits per heavy atom. The van der Waals surface area contributed by atoms with E-state index in [0.717, 1.165) is 18.1 Å². The van der Waals surface area contributed by atoms with Crippen molar-refractivity contribution in [1.82, 2.24) is 19.9 Å². The third-order valence-corrected chi connectivity index (χ3v) is 4.76. The van der Waals surface area contributed by atoms with Gasteiger partial charge in [-0.2, -0.15) is 0 Å². The molecular weight excluding hydrogens is 308 g/mol. The van der Waals surface area contributed by atoms with Gasteiger partial charge >= 0.3 is 0 Å². The highest BCUT2D eigenvalue weighted by atomic mass is 14.9. The summed E-state index contributed by atoms with van der Waals surface area (Å²) in [6.07, 6.45) is 7.30. The molecule has 2 aromatic rings. The molecule has 0 amide bonds. The van der Waals surface area contributed by atoms with E-state index in [0.29, 0.717) is 17.8 Å². The number of nitrogens with one attached hydrogen (secondary N) is 2. The number of nitrogens with zero attached hydrogens (tertiary/aromatic N) is 2. The van der Waals surface area contributed by atoms with Crippen LogP contribution < -0.4 is 0 Å². The number of hydrogen-bond acceptors (Lipinski definition) is 2. The van der Waals surface area contributed by atoms with Gasteiger partial charge in [-0.3, -0.25) is 0 Å². The molecular formula is C21H34N4. The Morgan fingerprint density at radius 2 is 1.64 bits per heavy atom. The fourth-order valence-corrected chi connectivity index (χ4v) is 3.19. The molecule has 0 aliphatic heterocycles. The van der Waals surface area contributed by atoms with Crippen LogP contribution in [0.1, 0.15) is 103 Å². The van der Waals surface area contributed by atoms with Gasteiger partial charge in [0, 0.05) is 41.0 Å². The van der Waals surface area contributed by atoms with Crippen molar-refractivity contribution >= 4 is 0 Å². The average Bonchev–Trinajstić information content (AvgIpc) is 3.16. The Balaban J connectivity index is 2.10. The van der Waals surface area contributed by atoms with Crippen LogP contribution >= 0.6 is 0 Å². The molecule has 0 aliphatic carbocycles. The van der Waals surface area contributed by atoms with Gasteiger partial charge < -0.3 is 9.97 Å². The first-order valence-corrected chi connectivity index (χ1v) is 9.38. The lowest BCUT2D eigenvalue weighted by atomic mass is 9.87. The van der Waals surface area contributed by atoms with Crippen molar-refractivity contribution in [3.8, 4) is 0 Å². The molecule has 2 heterocycles. The molecule has 2 N–H and O–H groups in total. The molecule has 1 atom stereocenters. The fourth-order valence-electron chi connectivity index (χ4n) is 3.19. The summed E-state index contributed by atoms with van der Waals surface area (Å²) in [4.78, 5) is 16.1. The predicted octanol–water partition coefficient (Wildman–Crippen LogP) is 5.80. The fraction of sp³-hybridized carbons (Fsp3) is 0.619.